The maximum atomic E-state index is 13.4. The quantitative estimate of drug-likeness (QED) is 0.759. The number of piperidine rings is 1. The highest BCUT2D eigenvalue weighted by atomic mass is 32.2. The summed E-state index contributed by atoms with van der Waals surface area (Å²) in [6, 6.07) is 9.58. The minimum Gasteiger partial charge on any atom is -0.352 e. The molecule has 29 heavy (non-hydrogen) atoms. The number of halogens is 1. The molecule has 0 spiro atoms. The summed E-state index contributed by atoms with van der Waals surface area (Å²) in [5.74, 6) is 1.09. The minimum atomic E-state index is -3.69. The van der Waals surface area contributed by atoms with Gasteiger partial charge in [-0.2, -0.15) is 4.31 Å². The van der Waals surface area contributed by atoms with Gasteiger partial charge in [-0.25, -0.2) is 12.8 Å². The summed E-state index contributed by atoms with van der Waals surface area (Å²) in [5.41, 5.74) is 0. The highest BCUT2D eigenvalue weighted by molar-refractivity contribution is 7.89. The Hall–Kier alpha value is -2.26. The van der Waals surface area contributed by atoms with Crippen LogP contribution in [0.15, 0.2) is 41.3 Å². The Morgan fingerprint density at radius 1 is 0.966 bits per heavy atom. The van der Waals surface area contributed by atoms with Gasteiger partial charge in [0.1, 0.15) is 5.82 Å². The summed E-state index contributed by atoms with van der Waals surface area (Å²) < 4.78 is 40.3. The zero-order valence-electron chi connectivity index (χ0n) is 16.5. The summed E-state index contributed by atoms with van der Waals surface area (Å²) >= 11 is 0. The molecule has 0 amide bonds. The van der Waals surface area contributed by atoms with Crippen molar-refractivity contribution in [3.63, 3.8) is 0 Å². The summed E-state index contributed by atoms with van der Waals surface area (Å²) in [6.45, 7) is 4.90. The third-order valence-electron chi connectivity index (χ3n) is 5.73. The van der Waals surface area contributed by atoms with Crippen LogP contribution in [0.1, 0.15) is 26.2 Å². The number of aromatic nitrogens is 2. The van der Waals surface area contributed by atoms with Gasteiger partial charge in [0.05, 0.1) is 4.90 Å². The second-order valence-electron chi connectivity index (χ2n) is 7.64. The van der Waals surface area contributed by atoms with Crippen LogP contribution in [0.2, 0.25) is 0 Å². The summed E-state index contributed by atoms with van der Waals surface area (Å²) in [5, 5.41) is 8.80. The second-order valence-corrected chi connectivity index (χ2v) is 9.57. The lowest BCUT2D eigenvalue weighted by atomic mass is 10.0. The molecule has 2 saturated heterocycles. The van der Waals surface area contributed by atoms with Crippen LogP contribution in [0.25, 0.3) is 0 Å². The van der Waals surface area contributed by atoms with E-state index in [1.54, 1.807) is 0 Å². The molecular formula is C20H26FN5O2S. The Bertz CT molecular complexity index is 946. The van der Waals surface area contributed by atoms with Crippen molar-refractivity contribution in [3.05, 3.63) is 42.2 Å². The fourth-order valence-corrected chi connectivity index (χ4v) is 5.47. The smallest absolute Gasteiger partial charge is 0.243 e. The van der Waals surface area contributed by atoms with E-state index < -0.39 is 15.8 Å². The predicted molar refractivity (Wildman–Crippen MR) is 110 cm³/mol. The van der Waals surface area contributed by atoms with Gasteiger partial charge in [-0.1, -0.05) is 6.07 Å². The van der Waals surface area contributed by atoms with Gasteiger partial charge in [-0.15, -0.1) is 10.2 Å². The van der Waals surface area contributed by atoms with Crippen LogP contribution in [0, 0.1) is 5.82 Å². The van der Waals surface area contributed by atoms with E-state index in [0.717, 1.165) is 24.2 Å². The van der Waals surface area contributed by atoms with Crippen LogP contribution in [0.4, 0.5) is 16.0 Å². The van der Waals surface area contributed by atoms with E-state index in [0.29, 0.717) is 32.2 Å². The van der Waals surface area contributed by atoms with Crippen LogP contribution in [0.3, 0.4) is 0 Å². The van der Waals surface area contributed by atoms with Gasteiger partial charge in [0, 0.05) is 38.8 Å². The number of hydrogen-bond donors (Lipinski definition) is 0. The Balaban J connectivity index is 1.40. The van der Waals surface area contributed by atoms with Gasteiger partial charge in [-0.3, -0.25) is 0 Å². The molecule has 0 saturated carbocycles. The van der Waals surface area contributed by atoms with Crippen LogP contribution in [-0.4, -0.2) is 61.7 Å². The monoisotopic (exact) mass is 419 g/mol. The normalized spacial score (nSPS) is 21.4. The molecule has 3 heterocycles. The van der Waals surface area contributed by atoms with E-state index in [1.165, 1.54) is 41.8 Å². The first kappa shape index (κ1) is 20.0. The Kier molecular flexibility index (Phi) is 5.69. The number of benzene rings is 1. The van der Waals surface area contributed by atoms with Crippen molar-refractivity contribution < 1.29 is 12.8 Å². The van der Waals surface area contributed by atoms with Crippen molar-refractivity contribution in [2.45, 2.75) is 37.1 Å². The average Bonchev–Trinajstić information content (AvgIpc) is 2.74. The van der Waals surface area contributed by atoms with Gasteiger partial charge >= 0.3 is 0 Å². The van der Waals surface area contributed by atoms with Crippen LogP contribution in [0.5, 0.6) is 0 Å². The first-order valence-corrected chi connectivity index (χ1v) is 11.5. The van der Waals surface area contributed by atoms with Gasteiger partial charge < -0.3 is 9.80 Å². The van der Waals surface area contributed by atoms with Crippen LogP contribution < -0.4 is 9.80 Å². The van der Waals surface area contributed by atoms with Crippen molar-refractivity contribution in [2.75, 3.05) is 42.5 Å². The first-order valence-electron chi connectivity index (χ1n) is 10.1. The van der Waals surface area contributed by atoms with Gasteiger partial charge in [0.25, 0.3) is 0 Å². The molecule has 0 N–H and O–H groups in total. The zero-order valence-corrected chi connectivity index (χ0v) is 17.4. The molecule has 2 aliphatic heterocycles. The molecule has 7 nitrogen and oxygen atoms in total. The lowest BCUT2D eigenvalue weighted by Gasteiger charge is -2.35. The standard InChI is InChI=1S/C20H26FN5O2S/c1-16-5-2-3-10-26(16)20-9-8-19(22-23-20)24-11-13-25(14-12-24)29(27,28)18-7-4-6-17(21)15-18/h4,6-9,15-16H,2-3,5,10-14H2,1H3. The van der Waals surface area contributed by atoms with Crippen molar-refractivity contribution in [2.24, 2.45) is 0 Å². The van der Waals surface area contributed by atoms with E-state index in [-0.39, 0.29) is 4.90 Å². The molecule has 2 aliphatic rings. The Labute approximate surface area is 171 Å². The highest BCUT2D eigenvalue weighted by Crippen LogP contribution is 2.24. The molecule has 156 valence electrons. The fraction of sp³-hybridized carbons (Fsp3) is 0.500. The van der Waals surface area contributed by atoms with Gasteiger partial charge in [0.2, 0.25) is 10.0 Å². The fourth-order valence-electron chi connectivity index (χ4n) is 4.01. The Morgan fingerprint density at radius 3 is 2.34 bits per heavy atom. The minimum absolute atomic E-state index is 0.00857. The molecule has 1 aromatic carbocycles. The number of piperazine rings is 1. The number of sulfonamides is 1. The molecule has 0 bridgehead atoms. The maximum absolute atomic E-state index is 13.4. The molecule has 2 fully saturated rings. The molecular weight excluding hydrogens is 393 g/mol. The van der Waals surface area contributed by atoms with Crippen molar-refractivity contribution >= 4 is 21.7 Å². The maximum Gasteiger partial charge on any atom is 0.243 e. The van der Waals surface area contributed by atoms with Crippen molar-refractivity contribution in [1.82, 2.24) is 14.5 Å². The molecule has 2 aromatic rings. The molecule has 0 radical (unpaired) electrons. The lowest BCUT2D eigenvalue weighted by Crippen LogP contribution is -2.49. The topological polar surface area (TPSA) is 69.6 Å². The summed E-state index contributed by atoms with van der Waals surface area (Å²) in [7, 11) is -3.69. The largest absolute Gasteiger partial charge is 0.352 e. The second kappa shape index (κ2) is 8.23. The van der Waals surface area contributed by atoms with Gasteiger partial charge in [0.15, 0.2) is 11.6 Å². The lowest BCUT2D eigenvalue weighted by molar-refractivity contribution is 0.383. The molecule has 4 rings (SSSR count). The number of hydrogen-bond acceptors (Lipinski definition) is 6. The van der Waals surface area contributed by atoms with E-state index in [4.69, 9.17) is 0 Å². The van der Waals surface area contributed by atoms with E-state index in [9.17, 15) is 12.8 Å². The van der Waals surface area contributed by atoms with E-state index in [1.807, 2.05) is 17.0 Å². The molecule has 1 aromatic heterocycles. The number of nitrogens with zero attached hydrogens (tertiary/aromatic N) is 5. The molecule has 1 atom stereocenters. The average molecular weight is 420 g/mol. The number of rotatable bonds is 4. The van der Waals surface area contributed by atoms with Crippen molar-refractivity contribution in [1.29, 1.82) is 0 Å². The summed E-state index contributed by atoms with van der Waals surface area (Å²) in [6.07, 6.45) is 3.60. The summed E-state index contributed by atoms with van der Waals surface area (Å²) in [4.78, 5) is 4.32. The van der Waals surface area contributed by atoms with E-state index in [2.05, 4.69) is 22.0 Å². The molecule has 1 unspecified atom stereocenters. The van der Waals surface area contributed by atoms with Crippen molar-refractivity contribution in [3.8, 4) is 0 Å². The predicted octanol–water partition coefficient (Wildman–Crippen LogP) is 2.51. The van der Waals surface area contributed by atoms with Crippen LogP contribution in [-0.2, 0) is 10.0 Å². The van der Waals surface area contributed by atoms with Crippen LogP contribution >= 0.6 is 0 Å². The van der Waals surface area contributed by atoms with E-state index >= 15 is 0 Å². The molecule has 0 aliphatic carbocycles. The molecule has 9 heteroatoms. The third-order valence-corrected chi connectivity index (χ3v) is 7.62. The highest BCUT2D eigenvalue weighted by Gasteiger charge is 2.29. The third kappa shape index (κ3) is 4.20. The first-order chi connectivity index (χ1) is 13.9. The van der Waals surface area contributed by atoms with Gasteiger partial charge in [-0.05, 0) is 56.5 Å². The number of anilines is 2. The Morgan fingerprint density at radius 2 is 1.69 bits per heavy atom. The SMILES string of the molecule is CC1CCCCN1c1ccc(N2CCN(S(=O)(=O)c3cccc(F)c3)CC2)nn1. The zero-order chi connectivity index (χ0) is 20.4.